The molecule has 3 aromatic rings. The molecule has 5 heteroatoms. The van der Waals surface area contributed by atoms with E-state index in [1.807, 2.05) is 6.20 Å². The molecule has 150 valence electrons. The van der Waals surface area contributed by atoms with Crippen molar-refractivity contribution in [2.45, 2.75) is 39.5 Å². The van der Waals surface area contributed by atoms with Crippen LogP contribution in [0.15, 0.2) is 66.9 Å². The van der Waals surface area contributed by atoms with Crippen LogP contribution in [0.1, 0.15) is 30.7 Å². The summed E-state index contributed by atoms with van der Waals surface area (Å²) in [6.07, 6.45) is 1.83. The Balaban J connectivity index is 1.67. The van der Waals surface area contributed by atoms with Gasteiger partial charge in [-0.3, -0.25) is 0 Å². The molecule has 0 radical (unpaired) electrons. The van der Waals surface area contributed by atoms with Crippen LogP contribution >= 0.6 is 0 Å². The fourth-order valence-electron chi connectivity index (χ4n) is 3.99. The minimum atomic E-state index is 0.305. The van der Waals surface area contributed by atoms with Crippen LogP contribution in [0.3, 0.4) is 0 Å². The molecule has 29 heavy (non-hydrogen) atoms. The molecule has 0 spiro atoms. The van der Waals surface area contributed by atoms with E-state index >= 15 is 0 Å². The zero-order chi connectivity index (χ0) is 20.1. The second-order valence-electron chi connectivity index (χ2n) is 8.17. The van der Waals surface area contributed by atoms with Crippen molar-refractivity contribution in [3.8, 4) is 5.88 Å². The molecule has 5 nitrogen and oxygen atoms in total. The summed E-state index contributed by atoms with van der Waals surface area (Å²) in [5.74, 6) is 1.43. The van der Waals surface area contributed by atoms with Crippen LogP contribution in [0.25, 0.3) is 0 Å². The second kappa shape index (κ2) is 8.62. The van der Waals surface area contributed by atoms with Crippen molar-refractivity contribution >= 4 is 5.82 Å². The van der Waals surface area contributed by atoms with Crippen molar-refractivity contribution in [2.24, 2.45) is 0 Å². The fraction of sp³-hybridized carbons (Fsp3) is 0.333. The van der Waals surface area contributed by atoms with Crippen LogP contribution in [0.2, 0.25) is 0 Å². The smallest absolute Gasteiger partial charge is 0.243 e. The summed E-state index contributed by atoms with van der Waals surface area (Å²) in [6.45, 7) is 8.40. The van der Waals surface area contributed by atoms with E-state index < -0.39 is 0 Å². The van der Waals surface area contributed by atoms with Crippen LogP contribution in [0, 0.1) is 0 Å². The summed E-state index contributed by atoms with van der Waals surface area (Å²) in [4.78, 5) is 9.43. The van der Waals surface area contributed by atoms with E-state index in [2.05, 4.69) is 84.8 Å². The molecule has 1 N–H and O–H groups in total. The standard InChI is InChI=1S/C24H29N4O/c1-19(2)26-23-15-25-22-18-28(13-14-29-24(22)27-23,16-20-9-5-3-6-10-20)17-21-11-7-4-8-12-21/h3-12,15,19H,13-14,16-18H2,1-2H3,(H,26,27)/q+1. The summed E-state index contributed by atoms with van der Waals surface area (Å²) < 4.78 is 6.94. The first-order chi connectivity index (χ1) is 14.1. The van der Waals surface area contributed by atoms with E-state index in [-0.39, 0.29) is 0 Å². The maximum Gasteiger partial charge on any atom is 0.243 e. The van der Waals surface area contributed by atoms with Gasteiger partial charge in [0.25, 0.3) is 0 Å². The third kappa shape index (κ3) is 4.93. The van der Waals surface area contributed by atoms with Gasteiger partial charge in [0.15, 0.2) is 5.69 Å². The van der Waals surface area contributed by atoms with Gasteiger partial charge in [-0.1, -0.05) is 60.7 Å². The highest BCUT2D eigenvalue weighted by atomic mass is 16.5. The number of nitrogens with zero attached hydrogens (tertiary/aromatic N) is 3. The highest BCUT2D eigenvalue weighted by Gasteiger charge is 2.34. The highest BCUT2D eigenvalue weighted by molar-refractivity contribution is 5.37. The van der Waals surface area contributed by atoms with E-state index in [1.165, 1.54) is 11.1 Å². The number of rotatable bonds is 6. The van der Waals surface area contributed by atoms with E-state index in [0.717, 1.165) is 42.2 Å². The minimum absolute atomic E-state index is 0.305. The van der Waals surface area contributed by atoms with Gasteiger partial charge in [-0.2, -0.15) is 4.98 Å². The molecular weight excluding hydrogens is 360 g/mol. The van der Waals surface area contributed by atoms with Gasteiger partial charge in [0, 0.05) is 17.2 Å². The molecule has 0 fully saturated rings. The first-order valence-electron chi connectivity index (χ1n) is 10.3. The van der Waals surface area contributed by atoms with Gasteiger partial charge < -0.3 is 14.5 Å². The minimum Gasteiger partial charge on any atom is -0.470 e. The summed E-state index contributed by atoms with van der Waals surface area (Å²) in [7, 11) is 0. The Labute approximate surface area is 173 Å². The van der Waals surface area contributed by atoms with Gasteiger partial charge in [-0.05, 0) is 13.8 Å². The number of quaternary nitrogens is 1. The molecule has 1 aliphatic rings. The van der Waals surface area contributed by atoms with E-state index in [0.29, 0.717) is 18.5 Å². The van der Waals surface area contributed by atoms with E-state index in [9.17, 15) is 0 Å². The lowest BCUT2D eigenvalue weighted by Crippen LogP contribution is -2.47. The average molecular weight is 390 g/mol. The van der Waals surface area contributed by atoms with E-state index in [4.69, 9.17) is 9.72 Å². The zero-order valence-corrected chi connectivity index (χ0v) is 17.2. The molecule has 0 saturated carbocycles. The number of hydrogen-bond donors (Lipinski definition) is 1. The number of ether oxygens (including phenoxy) is 1. The normalized spacial score (nSPS) is 15.3. The number of nitrogens with one attached hydrogen (secondary N) is 1. The number of hydrogen-bond acceptors (Lipinski definition) is 4. The molecular formula is C24H29N4O+. The first-order valence-corrected chi connectivity index (χ1v) is 10.3. The van der Waals surface area contributed by atoms with Gasteiger partial charge in [-0.15, -0.1) is 0 Å². The molecule has 0 saturated heterocycles. The predicted octanol–water partition coefficient (Wildman–Crippen LogP) is 4.41. The molecule has 4 rings (SSSR count). The molecule has 1 aromatic heterocycles. The SMILES string of the molecule is CC(C)Nc1cnc2c(n1)OCC[N+](Cc1ccccc1)(Cc1ccccc1)C2. The monoisotopic (exact) mass is 389 g/mol. The summed E-state index contributed by atoms with van der Waals surface area (Å²) >= 11 is 0. The Kier molecular flexibility index (Phi) is 5.76. The lowest BCUT2D eigenvalue weighted by molar-refractivity contribution is -0.965. The van der Waals surface area contributed by atoms with Gasteiger partial charge in [0.2, 0.25) is 5.88 Å². The number of anilines is 1. The second-order valence-corrected chi connectivity index (χ2v) is 8.17. The van der Waals surface area contributed by atoms with Crippen LogP contribution in [0.5, 0.6) is 5.88 Å². The van der Waals surface area contributed by atoms with Crippen molar-refractivity contribution in [1.29, 1.82) is 0 Å². The third-order valence-corrected chi connectivity index (χ3v) is 5.26. The fourth-order valence-corrected chi connectivity index (χ4v) is 3.99. The van der Waals surface area contributed by atoms with Crippen LogP contribution in [-0.4, -0.2) is 33.6 Å². The molecule has 0 aliphatic carbocycles. The molecule has 2 heterocycles. The van der Waals surface area contributed by atoms with Crippen molar-refractivity contribution in [1.82, 2.24) is 9.97 Å². The molecule has 0 amide bonds. The Hall–Kier alpha value is -2.92. The third-order valence-electron chi connectivity index (χ3n) is 5.26. The molecule has 1 aliphatic heterocycles. The van der Waals surface area contributed by atoms with Crippen LogP contribution in [0.4, 0.5) is 5.82 Å². The molecule has 0 bridgehead atoms. The van der Waals surface area contributed by atoms with Crippen LogP contribution in [-0.2, 0) is 19.6 Å². The largest absolute Gasteiger partial charge is 0.470 e. The van der Waals surface area contributed by atoms with Gasteiger partial charge in [-0.25, -0.2) is 4.98 Å². The van der Waals surface area contributed by atoms with Crippen molar-refractivity contribution in [3.63, 3.8) is 0 Å². The quantitative estimate of drug-likeness (QED) is 0.635. The van der Waals surface area contributed by atoms with Gasteiger partial charge in [0.1, 0.15) is 38.6 Å². The molecule has 0 atom stereocenters. The maximum absolute atomic E-state index is 6.07. The van der Waals surface area contributed by atoms with Crippen molar-refractivity contribution in [2.75, 3.05) is 18.5 Å². The van der Waals surface area contributed by atoms with E-state index in [1.54, 1.807) is 0 Å². The Morgan fingerprint density at radius 1 is 0.966 bits per heavy atom. The number of aromatic nitrogens is 2. The Bertz CT molecular complexity index is 887. The van der Waals surface area contributed by atoms with Crippen molar-refractivity contribution < 1.29 is 9.22 Å². The number of benzene rings is 2. The van der Waals surface area contributed by atoms with Crippen LogP contribution < -0.4 is 10.1 Å². The summed E-state index contributed by atoms with van der Waals surface area (Å²) in [5.41, 5.74) is 3.60. The van der Waals surface area contributed by atoms with Gasteiger partial charge in [0.05, 0.1) is 6.20 Å². The number of fused-ring (bicyclic) bond motifs is 1. The van der Waals surface area contributed by atoms with Gasteiger partial charge >= 0.3 is 0 Å². The predicted molar refractivity (Wildman–Crippen MR) is 115 cm³/mol. The summed E-state index contributed by atoms with van der Waals surface area (Å²) in [5, 5.41) is 3.32. The maximum atomic E-state index is 6.07. The highest BCUT2D eigenvalue weighted by Crippen LogP contribution is 2.29. The average Bonchev–Trinajstić information content (AvgIpc) is 2.88. The Morgan fingerprint density at radius 3 is 2.17 bits per heavy atom. The zero-order valence-electron chi connectivity index (χ0n) is 17.2. The lowest BCUT2D eigenvalue weighted by atomic mass is 10.1. The topological polar surface area (TPSA) is 47.0 Å². The Morgan fingerprint density at radius 2 is 1.59 bits per heavy atom. The van der Waals surface area contributed by atoms with Crippen molar-refractivity contribution in [3.05, 3.63) is 83.7 Å². The first kappa shape index (κ1) is 19.4. The summed E-state index contributed by atoms with van der Waals surface area (Å²) in [6, 6.07) is 21.7. The molecule has 2 aromatic carbocycles. The molecule has 0 unspecified atom stereocenters. The lowest BCUT2D eigenvalue weighted by Gasteiger charge is -2.37.